The maximum absolute atomic E-state index is 6.42. The number of methoxy groups -OCH3 is 1. The van der Waals surface area contributed by atoms with Crippen LogP contribution < -0.4 is 19.1 Å². The molecule has 5 nitrogen and oxygen atoms in total. The molecular weight excluding hydrogens is 364 g/mol. The first-order valence-corrected chi connectivity index (χ1v) is 9.80. The summed E-state index contributed by atoms with van der Waals surface area (Å²) in [7, 11) is 1.69. The van der Waals surface area contributed by atoms with E-state index in [1.165, 1.54) is 11.3 Å². The molecule has 144 valence electrons. The summed E-state index contributed by atoms with van der Waals surface area (Å²) in [6, 6.07) is 12.4. The first-order chi connectivity index (χ1) is 13.2. The molecule has 0 aromatic heterocycles. The summed E-state index contributed by atoms with van der Waals surface area (Å²) in [5.74, 6) is 2.35. The van der Waals surface area contributed by atoms with Gasteiger partial charge in [-0.1, -0.05) is 11.6 Å². The lowest BCUT2D eigenvalue weighted by Crippen LogP contribution is -2.45. The minimum atomic E-state index is 0.640. The van der Waals surface area contributed by atoms with Crippen molar-refractivity contribution in [1.29, 1.82) is 0 Å². The molecular formula is C21H25ClN2O3. The van der Waals surface area contributed by atoms with Crippen LogP contribution in [0.15, 0.2) is 36.4 Å². The van der Waals surface area contributed by atoms with Crippen molar-refractivity contribution in [2.75, 3.05) is 51.4 Å². The average Bonchev–Trinajstić information content (AvgIpc) is 2.95. The highest BCUT2D eigenvalue weighted by Crippen LogP contribution is 2.38. The average molecular weight is 389 g/mol. The number of piperazine rings is 1. The van der Waals surface area contributed by atoms with Crippen LogP contribution >= 0.6 is 11.6 Å². The van der Waals surface area contributed by atoms with Crippen molar-refractivity contribution in [2.24, 2.45) is 0 Å². The van der Waals surface area contributed by atoms with E-state index in [2.05, 4.69) is 28.0 Å². The summed E-state index contributed by atoms with van der Waals surface area (Å²) in [6.07, 6.45) is 0.883. The van der Waals surface area contributed by atoms with Crippen molar-refractivity contribution >= 4 is 17.3 Å². The highest BCUT2D eigenvalue weighted by atomic mass is 35.5. The van der Waals surface area contributed by atoms with Crippen LogP contribution in [0.5, 0.6) is 17.2 Å². The summed E-state index contributed by atoms with van der Waals surface area (Å²) in [5.41, 5.74) is 2.41. The number of rotatable bonds is 4. The fourth-order valence-corrected chi connectivity index (χ4v) is 3.88. The molecule has 0 amide bonds. The van der Waals surface area contributed by atoms with Crippen molar-refractivity contribution in [3.05, 3.63) is 47.0 Å². The predicted octanol–water partition coefficient (Wildman–Crippen LogP) is 3.83. The maximum atomic E-state index is 6.42. The zero-order valence-corrected chi connectivity index (χ0v) is 16.4. The Morgan fingerprint density at radius 3 is 2.48 bits per heavy atom. The van der Waals surface area contributed by atoms with Crippen LogP contribution in [0.3, 0.4) is 0 Å². The maximum Gasteiger partial charge on any atom is 0.179 e. The number of nitrogens with zero attached hydrogens (tertiary/aromatic N) is 2. The smallest absolute Gasteiger partial charge is 0.179 e. The Kier molecular flexibility index (Phi) is 5.60. The summed E-state index contributed by atoms with van der Waals surface area (Å²) in [4.78, 5) is 4.87. The standard InChI is InChI=1S/C21H25ClN2O3/c1-25-18-5-3-17(4-6-18)24-9-7-23(8-10-24)15-16-13-19(22)21-20(14-16)26-11-2-12-27-21/h3-6,13-14H,2,7-12,15H2,1H3. The highest BCUT2D eigenvalue weighted by Gasteiger charge is 2.20. The molecule has 0 atom stereocenters. The quantitative estimate of drug-likeness (QED) is 0.795. The van der Waals surface area contributed by atoms with E-state index in [9.17, 15) is 0 Å². The van der Waals surface area contributed by atoms with Crippen molar-refractivity contribution in [2.45, 2.75) is 13.0 Å². The number of benzene rings is 2. The summed E-state index contributed by atoms with van der Waals surface area (Å²) < 4.78 is 16.8. The van der Waals surface area contributed by atoms with Crippen LogP contribution in [0.4, 0.5) is 5.69 Å². The molecule has 4 rings (SSSR count). The zero-order valence-electron chi connectivity index (χ0n) is 15.6. The van der Waals surface area contributed by atoms with Gasteiger partial charge in [0.25, 0.3) is 0 Å². The van der Waals surface area contributed by atoms with E-state index in [4.69, 9.17) is 25.8 Å². The van der Waals surface area contributed by atoms with Gasteiger partial charge in [0.05, 0.1) is 25.3 Å². The molecule has 0 radical (unpaired) electrons. The van der Waals surface area contributed by atoms with Gasteiger partial charge in [-0.2, -0.15) is 0 Å². The minimum Gasteiger partial charge on any atom is -0.497 e. The number of anilines is 1. The van der Waals surface area contributed by atoms with Crippen LogP contribution in [-0.2, 0) is 6.54 Å². The second-order valence-electron chi connectivity index (χ2n) is 6.92. The Balaban J connectivity index is 1.37. The number of halogens is 1. The van der Waals surface area contributed by atoms with Gasteiger partial charge in [-0.15, -0.1) is 0 Å². The number of ether oxygens (including phenoxy) is 3. The predicted molar refractivity (Wildman–Crippen MR) is 108 cm³/mol. The third kappa shape index (κ3) is 4.25. The fourth-order valence-electron chi connectivity index (χ4n) is 3.59. The molecule has 2 aliphatic heterocycles. The zero-order chi connectivity index (χ0) is 18.6. The summed E-state index contributed by atoms with van der Waals surface area (Å²) >= 11 is 6.42. The van der Waals surface area contributed by atoms with E-state index in [0.29, 0.717) is 24.0 Å². The molecule has 0 saturated carbocycles. The summed E-state index contributed by atoms with van der Waals surface area (Å²) in [6.45, 7) is 6.23. The molecule has 27 heavy (non-hydrogen) atoms. The first kappa shape index (κ1) is 18.3. The molecule has 0 spiro atoms. The number of hydrogen-bond donors (Lipinski definition) is 0. The third-order valence-electron chi connectivity index (χ3n) is 5.08. The Morgan fingerprint density at radius 1 is 1.00 bits per heavy atom. The monoisotopic (exact) mass is 388 g/mol. The SMILES string of the molecule is COc1ccc(N2CCN(Cc3cc(Cl)c4c(c3)OCCCO4)CC2)cc1. The van der Waals surface area contributed by atoms with Gasteiger partial charge in [0.15, 0.2) is 11.5 Å². The van der Waals surface area contributed by atoms with Gasteiger partial charge in [-0.25, -0.2) is 0 Å². The largest absolute Gasteiger partial charge is 0.497 e. The lowest BCUT2D eigenvalue weighted by molar-refractivity contribution is 0.249. The molecule has 0 N–H and O–H groups in total. The van der Waals surface area contributed by atoms with E-state index in [0.717, 1.165) is 50.6 Å². The third-order valence-corrected chi connectivity index (χ3v) is 5.36. The van der Waals surface area contributed by atoms with Gasteiger partial charge in [0.1, 0.15) is 5.75 Å². The molecule has 0 unspecified atom stereocenters. The van der Waals surface area contributed by atoms with Crippen LogP contribution in [0.1, 0.15) is 12.0 Å². The molecule has 2 aromatic carbocycles. The van der Waals surface area contributed by atoms with Gasteiger partial charge >= 0.3 is 0 Å². The van der Waals surface area contributed by atoms with E-state index >= 15 is 0 Å². The molecule has 6 heteroatoms. The lowest BCUT2D eigenvalue weighted by Gasteiger charge is -2.36. The van der Waals surface area contributed by atoms with Crippen molar-refractivity contribution < 1.29 is 14.2 Å². The summed E-state index contributed by atoms with van der Waals surface area (Å²) in [5, 5.41) is 0.640. The van der Waals surface area contributed by atoms with Gasteiger partial charge < -0.3 is 19.1 Å². The Hall–Kier alpha value is -2.11. The molecule has 0 bridgehead atoms. The lowest BCUT2D eigenvalue weighted by atomic mass is 10.1. The molecule has 2 aromatic rings. The first-order valence-electron chi connectivity index (χ1n) is 9.42. The molecule has 1 saturated heterocycles. The number of hydrogen-bond acceptors (Lipinski definition) is 5. The van der Waals surface area contributed by atoms with Crippen LogP contribution in [0.25, 0.3) is 0 Å². The molecule has 2 heterocycles. The highest BCUT2D eigenvalue weighted by molar-refractivity contribution is 6.32. The second kappa shape index (κ2) is 8.28. The van der Waals surface area contributed by atoms with E-state index in [-0.39, 0.29) is 0 Å². The fraction of sp³-hybridized carbons (Fsp3) is 0.429. The van der Waals surface area contributed by atoms with Gasteiger partial charge in [0, 0.05) is 44.8 Å². The Morgan fingerprint density at radius 2 is 1.74 bits per heavy atom. The van der Waals surface area contributed by atoms with Crippen molar-refractivity contribution in [1.82, 2.24) is 4.90 Å². The van der Waals surface area contributed by atoms with E-state index in [1.54, 1.807) is 7.11 Å². The normalized spacial score (nSPS) is 17.5. The molecule has 2 aliphatic rings. The molecule has 1 fully saturated rings. The Bertz CT molecular complexity index is 774. The van der Waals surface area contributed by atoms with Gasteiger partial charge in [-0.3, -0.25) is 4.90 Å². The van der Waals surface area contributed by atoms with Crippen LogP contribution in [-0.4, -0.2) is 51.4 Å². The molecule has 0 aliphatic carbocycles. The van der Waals surface area contributed by atoms with E-state index in [1.807, 2.05) is 18.2 Å². The van der Waals surface area contributed by atoms with Gasteiger partial charge in [-0.05, 0) is 42.0 Å². The van der Waals surface area contributed by atoms with Crippen LogP contribution in [0, 0.1) is 0 Å². The van der Waals surface area contributed by atoms with Crippen molar-refractivity contribution in [3.8, 4) is 17.2 Å². The van der Waals surface area contributed by atoms with E-state index < -0.39 is 0 Å². The topological polar surface area (TPSA) is 34.2 Å². The minimum absolute atomic E-state index is 0.640. The van der Waals surface area contributed by atoms with Crippen molar-refractivity contribution in [3.63, 3.8) is 0 Å². The Labute approximate surface area is 165 Å². The second-order valence-corrected chi connectivity index (χ2v) is 7.32. The van der Waals surface area contributed by atoms with Gasteiger partial charge in [0.2, 0.25) is 0 Å². The number of fused-ring (bicyclic) bond motifs is 1. The van der Waals surface area contributed by atoms with Crippen LogP contribution in [0.2, 0.25) is 5.02 Å².